The van der Waals surface area contributed by atoms with Crippen molar-refractivity contribution in [1.82, 2.24) is 0 Å². The first-order valence-corrected chi connectivity index (χ1v) is 4.71. The van der Waals surface area contributed by atoms with Crippen molar-refractivity contribution < 1.29 is 18.9 Å². The highest BCUT2D eigenvalue weighted by Crippen LogP contribution is 2.04. The average molecular weight is 190 g/mol. The molecule has 0 spiro atoms. The van der Waals surface area contributed by atoms with E-state index in [1.54, 1.807) is 0 Å². The van der Waals surface area contributed by atoms with Gasteiger partial charge in [-0.3, -0.25) is 0 Å². The summed E-state index contributed by atoms with van der Waals surface area (Å²) in [6, 6.07) is 0. The Bertz CT molecular complexity index is 117. The number of ether oxygens (including phenoxy) is 4. The fraction of sp³-hybridized carbons (Fsp3) is 1.00. The third kappa shape index (κ3) is 4.57. The number of rotatable bonds is 1. The molecule has 2 aliphatic heterocycles. The van der Waals surface area contributed by atoms with Crippen LogP contribution in [0.4, 0.5) is 0 Å². The van der Waals surface area contributed by atoms with Crippen molar-refractivity contribution in [2.45, 2.75) is 32.5 Å². The minimum atomic E-state index is 0.324. The molecule has 2 saturated heterocycles. The molecule has 0 aromatic carbocycles. The topological polar surface area (TPSA) is 36.9 Å². The van der Waals surface area contributed by atoms with Gasteiger partial charge in [-0.05, 0) is 13.3 Å². The molecule has 2 heterocycles. The van der Waals surface area contributed by atoms with E-state index >= 15 is 0 Å². The van der Waals surface area contributed by atoms with Gasteiger partial charge in [-0.15, -0.1) is 0 Å². The average Bonchev–Trinajstić information content (AvgIpc) is 2.76. The lowest BCUT2D eigenvalue weighted by molar-refractivity contribution is 0.0460. The molecule has 2 atom stereocenters. The molecule has 13 heavy (non-hydrogen) atoms. The lowest BCUT2D eigenvalue weighted by Crippen LogP contribution is -2.05. The summed E-state index contributed by atoms with van der Waals surface area (Å²) in [5.41, 5.74) is 0. The van der Waals surface area contributed by atoms with E-state index in [1.165, 1.54) is 0 Å². The van der Waals surface area contributed by atoms with Gasteiger partial charge >= 0.3 is 0 Å². The molecular formula is C9H18O4. The molecule has 4 heteroatoms. The summed E-state index contributed by atoms with van der Waals surface area (Å²) in [6.45, 7) is 6.63. The van der Waals surface area contributed by atoms with Crippen LogP contribution in [0.25, 0.3) is 0 Å². The van der Waals surface area contributed by atoms with Crippen molar-refractivity contribution in [2.24, 2.45) is 0 Å². The zero-order chi connectivity index (χ0) is 9.52. The van der Waals surface area contributed by atoms with E-state index in [9.17, 15) is 0 Å². The quantitative estimate of drug-likeness (QED) is 0.621. The summed E-state index contributed by atoms with van der Waals surface area (Å²) in [6.07, 6.45) is 1.77. The van der Waals surface area contributed by atoms with Gasteiger partial charge in [0.15, 0.2) is 0 Å². The minimum absolute atomic E-state index is 0.324. The molecule has 0 N–H and O–H groups in total. The molecule has 2 aliphatic rings. The summed E-state index contributed by atoms with van der Waals surface area (Å²) in [4.78, 5) is 0. The van der Waals surface area contributed by atoms with E-state index in [0.29, 0.717) is 25.8 Å². The Balaban J connectivity index is 0.000000132. The van der Waals surface area contributed by atoms with Gasteiger partial charge in [-0.2, -0.15) is 0 Å². The molecule has 0 aromatic rings. The van der Waals surface area contributed by atoms with Crippen molar-refractivity contribution >= 4 is 0 Å². The van der Waals surface area contributed by atoms with Gasteiger partial charge in [0.25, 0.3) is 0 Å². The fourth-order valence-electron chi connectivity index (χ4n) is 1.03. The molecule has 0 saturated carbocycles. The van der Waals surface area contributed by atoms with Crippen LogP contribution in [0.5, 0.6) is 0 Å². The third-order valence-electron chi connectivity index (χ3n) is 1.93. The molecule has 2 fully saturated rings. The molecule has 0 aromatic heterocycles. The molecule has 4 nitrogen and oxygen atoms in total. The zero-order valence-electron chi connectivity index (χ0n) is 8.32. The fourth-order valence-corrected chi connectivity index (χ4v) is 1.03. The summed E-state index contributed by atoms with van der Waals surface area (Å²) >= 11 is 0. The van der Waals surface area contributed by atoms with Crippen LogP contribution in [0, 0.1) is 0 Å². The highest BCUT2D eigenvalue weighted by Gasteiger charge is 2.11. The summed E-state index contributed by atoms with van der Waals surface area (Å²) < 4.78 is 19.8. The van der Waals surface area contributed by atoms with Gasteiger partial charge in [0.2, 0.25) is 0 Å². The third-order valence-corrected chi connectivity index (χ3v) is 1.93. The molecule has 0 aliphatic carbocycles. The van der Waals surface area contributed by atoms with Crippen molar-refractivity contribution in [3.63, 3.8) is 0 Å². The van der Waals surface area contributed by atoms with E-state index in [4.69, 9.17) is 18.9 Å². The first kappa shape index (κ1) is 10.9. The molecule has 0 radical (unpaired) electrons. The molecule has 2 unspecified atom stereocenters. The van der Waals surface area contributed by atoms with Crippen molar-refractivity contribution in [1.29, 1.82) is 0 Å². The second-order valence-corrected chi connectivity index (χ2v) is 3.15. The van der Waals surface area contributed by atoms with Crippen LogP contribution in [0.2, 0.25) is 0 Å². The molecule has 2 rings (SSSR count). The Kier molecular flexibility index (Phi) is 5.31. The van der Waals surface area contributed by atoms with Gasteiger partial charge in [0, 0.05) is 0 Å². The van der Waals surface area contributed by atoms with E-state index in [-0.39, 0.29) is 0 Å². The smallest absolute Gasteiger partial charge is 0.147 e. The maximum atomic E-state index is 5.08. The SMILES string of the molecule is CC1COCO1.CCC1COCO1. The standard InChI is InChI=1S/C5H10O2.C4H8O2/c1-2-5-3-6-4-7-5;1-4-2-5-3-6-4/h5H,2-4H2,1H3;4H,2-3H2,1H3. The minimum Gasteiger partial charge on any atom is -0.353 e. The number of hydrogen-bond donors (Lipinski definition) is 0. The molecular weight excluding hydrogens is 172 g/mol. The van der Waals surface area contributed by atoms with Gasteiger partial charge in [0.1, 0.15) is 13.6 Å². The largest absolute Gasteiger partial charge is 0.353 e. The second-order valence-electron chi connectivity index (χ2n) is 3.15. The van der Waals surface area contributed by atoms with Crippen LogP contribution < -0.4 is 0 Å². The van der Waals surface area contributed by atoms with Crippen molar-refractivity contribution in [3.05, 3.63) is 0 Å². The van der Waals surface area contributed by atoms with Gasteiger partial charge in [-0.25, -0.2) is 0 Å². The highest BCUT2D eigenvalue weighted by atomic mass is 16.7. The van der Waals surface area contributed by atoms with Crippen LogP contribution in [0.15, 0.2) is 0 Å². The Labute approximate surface area is 79.1 Å². The van der Waals surface area contributed by atoms with Crippen molar-refractivity contribution in [3.8, 4) is 0 Å². The number of hydrogen-bond acceptors (Lipinski definition) is 4. The molecule has 0 bridgehead atoms. The maximum absolute atomic E-state index is 5.08. The lowest BCUT2D eigenvalue weighted by atomic mass is 10.3. The first-order chi connectivity index (χ1) is 6.33. The van der Waals surface area contributed by atoms with E-state index in [2.05, 4.69) is 6.92 Å². The normalized spacial score (nSPS) is 32.8. The van der Waals surface area contributed by atoms with Gasteiger partial charge < -0.3 is 18.9 Å². The Hall–Kier alpha value is -0.160. The highest BCUT2D eigenvalue weighted by molar-refractivity contribution is 4.54. The monoisotopic (exact) mass is 190 g/mol. The summed E-state index contributed by atoms with van der Waals surface area (Å²) in [5, 5.41) is 0. The van der Waals surface area contributed by atoms with Crippen LogP contribution in [0.1, 0.15) is 20.3 Å². The van der Waals surface area contributed by atoms with Crippen molar-refractivity contribution in [2.75, 3.05) is 26.8 Å². The lowest BCUT2D eigenvalue weighted by Gasteiger charge is -1.98. The predicted molar refractivity (Wildman–Crippen MR) is 47.3 cm³/mol. The predicted octanol–water partition coefficient (Wildman–Crippen LogP) is 1.15. The van der Waals surface area contributed by atoms with Crippen LogP contribution in [0.3, 0.4) is 0 Å². The van der Waals surface area contributed by atoms with Crippen LogP contribution >= 0.6 is 0 Å². The van der Waals surface area contributed by atoms with Crippen LogP contribution in [-0.2, 0) is 18.9 Å². The zero-order valence-corrected chi connectivity index (χ0v) is 8.32. The molecule has 78 valence electrons. The first-order valence-electron chi connectivity index (χ1n) is 4.71. The summed E-state index contributed by atoms with van der Waals surface area (Å²) in [7, 11) is 0. The Morgan fingerprint density at radius 3 is 2.00 bits per heavy atom. The van der Waals surface area contributed by atoms with E-state index < -0.39 is 0 Å². The molecule has 0 amide bonds. The second kappa shape index (κ2) is 6.32. The van der Waals surface area contributed by atoms with E-state index in [0.717, 1.165) is 19.6 Å². The summed E-state index contributed by atoms with van der Waals surface area (Å²) in [5.74, 6) is 0. The van der Waals surface area contributed by atoms with E-state index in [1.807, 2.05) is 6.92 Å². The van der Waals surface area contributed by atoms with Gasteiger partial charge in [-0.1, -0.05) is 6.92 Å². The van der Waals surface area contributed by atoms with Gasteiger partial charge in [0.05, 0.1) is 25.4 Å². The maximum Gasteiger partial charge on any atom is 0.147 e. The Morgan fingerprint density at radius 2 is 1.77 bits per heavy atom. The van der Waals surface area contributed by atoms with Crippen LogP contribution in [-0.4, -0.2) is 39.0 Å². The Morgan fingerprint density at radius 1 is 1.08 bits per heavy atom.